The van der Waals surface area contributed by atoms with Crippen molar-refractivity contribution < 1.29 is 14.3 Å². The van der Waals surface area contributed by atoms with Gasteiger partial charge in [0.25, 0.3) is 5.91 Å². The molecule has 1 aliphatic heterocycles. The SMILES string of the molecule is CN=C1S/C(=C/c2cc(I)c(OCc3ccccc3)c(OC)c2)C(=O)N1C. The van der Waals surface area contributed by atoms with Crippen LogP contribution in [0.15, 0.2) is 52.4 Å². The Morgan fingerprint density at radius 2 is 2.00 bits per heavy atom. The van der Waals surface area contributed by atoms with Crippen molar-refractivity contribution in [2.24, 2.45) is 4.99 Å². The van der Waals surface area contributed by atoms with Crippen LogP contribution < -0.4 is 9.47 Å². The molecule has 0 saturated carbocycles. The van der Waals surface area contributed by atoms with Crippen LogP contribution in [0.1, 0.15) is 11.1 Å². The molecule has 140 valence electrons. The fourth-order valence-electron chi connectivity index (χ4n) is 2.59. The maximum Gasteiger partial charge on any atom is 0.266 e. The third kappa shape index (κ3) is 4.47. The summed E-state index contributed by atoms with van der Waals surface area (Å²) in [6, 6.07) is 13.8. The molecule has 0 spiro atoms. The van der Waals surface area contributed by atoms with E-state index in [9.17, 15) is 4.79 Å². The van der Waals surface area contributed by atoms with E-state index >= 15 is 0 Å². The number of amidine groups is 1. The summed E-state index contributed by atoms with van der Waals surface area (Å²) in [4.78, 5) is 18.7. The van der Waals surface area contributed by atoms with E-state index in [0.29, 0.717) is 28.2 Å². The average Bonchev–Trinajstić information content (AvgIpc) is 2.95. The highest BCUT2D eigenvalue weighted by Gasteiger charge is 2.29. The van der Waals surface area contributed by atoms with Crippen molar-refractivity contribution in [3.05, 3.63) is 62.1 Å². The minimum atomic E-state index is -0.0565. The first-order chi connectivity index (χ1) is 13.0. The van der Waals surface area contributed by atoms with Gasteiger partial charge in [-0.1, -0.05) is 30.3 Å². The van der Waals surface area contributed by atoms with Gasteiger partial charge in [-0.3, -0.25) is 14.7 Å². The molecule has 3 rings (SSSR count). The van der Waals surface area contributed by atoms with Gasteiger partial charge in [0.1, 0.15) is 6.61 Å². The molecule has 1 saturated heterocycles. The lowest BCUT2D eigenvalue weighted by Crippen LogP contribution is -2.23. The number of rotatable bonds is 5. The van der Waals surface area contributed by atoms with Crippen LogP contribution >= 0.6 is 34.4 Å². The Kier molecular flexibility index (Phi) is 6.43. The molecule has 27 heavy (non-hydrogen) atoms. The monoisotopic (exact) mass is 494 g/mol. The number of methoxy groups -OCH3 is 1. The van der Waals surface area contributed by atoms with Crippen molar-refractivity contribution in [3.8, 4) is 11.5 Å². The van der Waals surface area contributed by atoms with Crippen LogP contribution in [0.25, 0.3) is 6.08 Å². The van der Waals surface area contributed by atoms with Gasteiger partial charge in [-0.25, -0.2) is 0 Å². The van der Waals surface area contributed by atoms with Gasteiger partial charge in [0, 0.05) is 14.1 Å². The van der Waals surface area contributed by atoms with Gasteiger partial charge in [-0.2, -0.15) is 0 Å². The quantitative estimate of drug-likeness (QED) is 0.457. The highest BCUT2D eigenvalue weighted by molar-refractivity contribution is 14.1. The fourth-order valence-corrected chi connectivity index (χ4v) is 4.30. The average molecular weight is 494 g/mol. The zero-order valence-corrected chi connectivity index (χ0v) is 18.2. The second-order valence-electron chi connectivity index (χ2n) is 5.79. The van der Waals surface area contributed by atoms with Gasteiger partial charge < -0.3 is 9.47 Å². The first kappa shape index (κ1) is 19.8. The number of carbonyl (C=O) groups excluding carboxylic acids is 1. The number of likely N-dealkylation sites (N-methyl/N-ethyl adjacent to an activating group) is 1. The second-order valence-corrected chi connectivity index (χ2v) is 7.96. The van der Waals surface area contributed by atoms with E-state index in [1.807, 2.05) is 48.5 Å². The third-order valence-corrected chi connectivity index (χ3v) is 5.92. The summed E-state index contributed by atoms with van der Waals surface area (Å²) in [5.74, 6) is 1.28. The van der Waals surface area contributed by atoms with Gasteiger partial charge >= 0.3 is 0 Å². The summed E-state index contributed by atoms with van der Waals surface area (Å²) in [5, 5.41) is 0.690. The Hall–Kier alpha value is -2.00. The van der Waals surface area contributed by atoms with E-state index < -0.39 is 0 Å². The molecule has 2 aromatic rings. The number of nitrogens with zero attached hydrogens (tertiary/aromatic N) is 2. The smallest absolute Gasteiger partial charge is 0.266 e. The number of thioether (sulfide) groups is 1. The van der Waals surface area contributed by atoms with Crippen LogP contribution in [-0.2, 0) is 11.4 Å². The first-order valence-electron chi connectivity index (χ1n) is 8.22. The zero-order chi connectivity index (χ0) is 19.4. The highest BCUT2D eigenvalue weighted by atomic mass is 127. The van der Waals surface area contributed by atoms with Gasteiger partial charge in [0.2, 0.25) is 0 Å². The summed E-state index contributed by atoms with van der Waals surface area (Å²) in [6.07, 6.45) is 1.85. The molecule has 0 aromatic heterocycles. The summed E-state index contributed by atoms with van der Waals surface area (Å²) in [5.41, 5.74) is 1.97. The molecule has 1 aliphatic rings. The minimum absolute atomic E-state index is 0.0565. The van der Waals surface area contributed by atoms with Crippen molar-refractivity contribution in [2.75, 3.05) is 21.2 Å². The maximum atomic E-state index is 12.3. The fraction of sp³-hybridized carbons (Fsp3) is 0.200. The minimum Gasteiger partial charge on any atom is -0.493 e. The number of amides is 1. The molecule has 2 aromatic carbocycles. The molecule has 1 heterocycles. The number of hydrogen-bond donors (Lipinski definition) is 0. The second kappa shape index (κ2) is 8.79. The number of carbonyl (C=O) groups is 1. The number of halogens is 1. The molecule has 0 aliphatic carbocycles. The number of ether oxygens (including phenoxy) is 2. The molecule has 0 bridgehead atoms. The Bertz CT molecular complexity index is 913. The number of benzene rings is 2. The molecule has 1 fully saturated rings. The van der Waals surface area contributed by atoms with E-state index in [0.717, 1.165) is 14.7 Å². The van der Waals surface area contributed by atoms with Crippen molar-refractivity contribution >= 4 is 51.5 Å². The summed E-state index contributed by atoms with van der Waals surface area (Å²) in [7, 11) is 5.02. The lowest BCUT2D eigenvalue weighted by atomic mass is 10.1. The molecular weight excluding hydrogens is 475 g/mol. The Morgan fingerprint density at radius 1 is 1.26 bits per heavy atom. The van der Waals surface area contributed by atoms with Crippen molar-refractivity contribution in [2.45, 2.75) is 6.61 Å². The summed E-state index contributed by atoms with van der Waals surface area (Å²) < 4.78 is 12.4. The van der Waals surface area contributed by atoms with E-state index in [-0.39, 0.29) is 5.91 Å². The predicted molar refractivity (Wildman–Crippen MR) is 118 cm³/mol. The molecule has 0 unspecified atom stereocenters. The standard InChI is InChI=1S/C20H19IN2O3S/c1-22-20-23(2)19(24)17(27-20)11-14-9-15(21)18(16(10-14)25-3)26-12-13-7-5-4-6-8-13/h4-11H,12H2,1-3H3/b17-11+,22-20?. The lowest BCUT2D eigenvalue weighted by Gasteiger charge is -2.14. The van der Waals surface area contributed by atoms with Crippen molar-refractivity contribution in [3.63, 3.8) is 0 Å². The first-order valence-corrected chi connectivity index (χ1v) is 10.1. The predicted octanol–water partition coefficient (Wildman–Crippen LogP) is 4.41. The van der Waals surface area contributed by atoms with Crippen LogP contribution in [0, 0.1) is 3.57 Å². The Balaban J connectivity index is 1.86. The van der Waals surface area contributed by atoms with E-state index in [4.69, 9.17) is 9.47 Å². The molecule has 0 N–H and O–H groups in total. The largest absolute Gasteiger partial charge is 0.493 e. The van der Waals surface area contributed by atoms with E-state index in [1.165, 1.54) is 11.8 Å². The van der Waals surface area contributed by atoms with E-state index in [1.54, 1.807) is 26.1 Å². The van der Waals surface area contributed by atoms with Gasteiger partial charge in [-0.15, -0.1) is 0 Å². The molecule has 0 atom stereocenters. The summed E-state index contributed by atoms with van der Waals surface area (Å²) in [6.45, 7) is 0.461. The number of hydrogen-bond acceptors (Lipinski definition) is 5. The molecule has 7 heteroatoms. The molecule has 5 nitrogen and oxygen atoms in total. The summed E-state index contributed by atoms with van der Waals surface area (Å²) >= 11 is 3.59. The Morgan fingerprint density at radius 3 is 2.63 bits per heavy atom. The molecule has 0 radical (unpaired) electrons. The van der Waals surface area contributed by atoms with Crippen LogP contribution in [0.4, 0.5) is 0 Å². The van der Waals surface area contributed by atoms with Crippen molar-refractivity contribution in [1.29, 1.82) is 0 Å². The van der Waals surface area contributed by atoms with Crippen LogP contribution in [-0.4, -0.2) is 37.2 Å². The molecule has 1 amide bonds. The van der Waals surface area contributed by atoms with Crippen LogP contribution in [0.3, 0.4) is 0 Å². The van der Waals surface area contributed by atoms with Crippen LogP contribution in [0.2, 0.25) is 0 Å². The highest BCUT2D eigenvalue weighted by Crippen LogP contribution is 2.37. The lowest BCUT2D eigenvalue weighted by molar-refractivity contribution is -0.121. The number of aliphatic imine (C=N–C) groups is 1. The normalized spacial score (nSPS) is 17.0. The zero-order valence-electron chi connectivity index (χ0n) is 15.2. The Labute approximate surface area is 176 Å². The van der Waals surface area contributed by atoms with Gasteiger partial charge in [-0.05, 0) is 63.7 Å². The topological polar surface area (TPSA) is 51.1 Å². The van der Waals surface area contributed by atoms with Crippen molar-refractivity contribution in [1.82, 2.24) is 4.90 Å². The third-order valence-electron chi connectivity index (χ3n) is 3.97. The van der Waals surface area contributed by atoms with Gasteiger partial charge in [0.15, 0.2) is 16.7 Å². The van der Waals surface area contributed by atoms with E-state index in [2.05, 4.69) is 27.6 Å². The molecular formula is C20H19IN2O3S. The van der Waals surface area contributed by atoms with Crippen LogP contribution in [0.5, 0.6) is 11.5 Å². The van der Waals surface area contributed by atoms with Gasteiger partial charge in [0.05, 0.1) is 15.6 Å². The maximum absolute atomic E-state index is 12.3.